The van der Waals surface area contributed by atoms with Gasteiger partial charge in [-0.05, 0) is 47.9 Å². The fourth-order valence-corrected chi connectivity index (χ4v) is 3.34. The van der Waals surface area contributed by atoms with E-state index in [9.17, 15) is 14.9 Å². The summed E-state index contributed by atoms with van der Waals surface area (Å²) in [4.78, 5) is 24.6. The smallest absolute Gasteiger partial charge is 0.262 e. The number of carbonyl (C=O) groups is 2. The van der Waals surface area contributed by atoms with Crippen LogP contribution in [0.15, 0.2) is 78.4 Å². The van der Waals surface area contributed by atoms with Gasteiger partial charge in [0.25, 0.3) is 11.8 Å². The Morgan fingerprint density at radius 1 is 1.03 bits per heavy atom. The average molecular weight is 490 g/mol. The van der Waals surface area contributed by atoms with Crippen molar-refractivity contribution in [2.45, 2.75) is 6.42 Å². The number of anilines is 1. The number of nitriles is 1. The number of benzene rings is 3. The molecule has 0 saturated heterocycles. The van der Waals surface area contributed by atoms with Crippen LogP contribution >= 0.6 is 11.6 Å². The van der Waals surface area contributed by atoms with Gasteiger partial charge in [0, 0.05) is 6.54 Å². The molecule has 35 heavy (non-hydrogen) atoms. The van der Waals surface area contributed by atoms with Gasteiger partial charge in [-0.15, -0.1) is 0 Å². The quantitative estimate of drug-likeness (QED) is 0.319. The minimum absolute atomic E-state index is 0.0344. The monoisotopic (exact) mass is 489 g/mol. The van der Waals surface area contributed by atoms with Gasteiger partial charge in [-0.25, -0.2) is 0 Å². The molecule has 8 heteroatoms. The first-order chi connectivity index (χ1) is 17.0. The molecule has 0 fully saturated rings. The third kappa shape index (κ3) is 7.63. The van der Waals surface area contributed by atoms with E-state index >= 15 is 0 Å². The lowest BCUT2D eigenvalue weighted by Gasteiger charge is -2.12. The molecular formula is C27H24ClN3O4. The van der Waals surface area contributed by atoms with Gasteiger partial charge in [0.15, 0.2) is 18.1 Å². The SMILES string of the molecule is COc1cc(/C=C(\C#N)C(=O)NCCc2ccccc2)ccc1OCC(=O)Nc1ccccc1Cl. The van der Waals surface area contributed by atoms with Crippen LogP contribution in [0, 0.1) is 11.3 Å². The Balaban J connectivity index is 1.60. The molecule has 0 unspecified atom stereocenters. The normalized spacial score (nSPS) is 10.7. The fraction of sp³-hybridized carbons (Fsp3) is 0.148. The Morgan fingerprint density at radius 3 is 2.49 bits per heavy atom. The third-order valence-corrected chi connectivity index (χ3v) is 5.24. The Kier molecular flexibility index (Phi) is 9.29. The first-order valence-corrected chi connectivity index (χ1v) is 11.2. The van der Waals surface area contributed by atoms with Crippen molar-refractivity contribution in [2.24, 2.45) is 0 Å². The number of para-hydroxylation sites is 1. The molecule has 0 aliphatic heterocycles. The van der Waals surface area contributed by atoms with Crippen molar-refractivity contribution < 1.29 is 19.1 Å². The van der Waals surface area contributed by atoms with E-state index in [0.29, 0.717) is 40.7 Å². The van der Waals surface area contributed by atoms with Crippen LogP contribution in [0.25, 0.3) is 6.08 Å². The molecule has 0 saturated carbocycles. The zero-order valence-corrected chi connectivity index (χ0v) is 19.8. The van der Waals surface area contributed by atoms with E-state index in [2.05, 4.69) is 10.6 Å². The highest BCUT2D eigenvalue weighted by Gasteiger charge is 2.12. The Bertz CT molecular complexity index is 1250. The molecule has 0 atom stereocenters. The third-order valence-electron chi connectivity index (χ3n) is 4.91. The van der Waals surface area contributed by atoms with E-state index in [1.807, 2.05) is 36.4 Å². The Labute approximate surface area is 208 Å². The van der Waals surface area contributed by atoms with E-state index in [-0.39, 0.29) is 18.1 Å². The van der Waals surface area contributed by atoms with Crippen LogP contribution < -0.4 is 20.1 Å². The largest absolute Gasteiger partial charge is 0.493 e. The van der Waals surface area contributed by atoms with E-state index in [0.717, 1.165) is 5.56 Å². The molecule has 178 valence electrons. The first-order valence-electron chi connectivity index (χ1n) is 10.8. The fourth-order valence-electron chi connectivity index (χ4n) is 3.16. The summed E-state index contributed by atoms with van der Waals surface area (Å²) >= 11 is 6.05. The highest BCUT2D eigenvalue weighted by Crippen LogP contribution is 2.29. The van der Waals surface area contributed by atoms with E-state index in [4.69, 9.17) is 21.1 Å². The average Bonchev–Trinajstić information content (AvgIpc) is 2.88. The molecule has 0 spiro atoms. The predicted octanol–water partition coefficient (Wildman–Crippen LogP) is 4.63. The maximum atomic E-state index is 12.4. The number of rotatable bonds is 10. The molecule has 0 aliphatic rings. The summed E-state index contributed by atoms with van der Waals surface area (Å²) in [5, 5.41) is 15.3. The summed E-state index contributed by atoms with van der Waals surface area (Å²) < 4.78 is 10.9. The minimum Gasteiger partial charge on any atom is -0.493 e. The number of carbonyl (C=O) groups excluding carboxylic acids is 2. The lowest BCUT2D eigenvalue weighted by molar-refractivity contribution is -0.118. The van der Waals surface area contributed by atoms with E-state index < -0.39 is 5.91 Å². The second kappa shape index (κ2) is 12.8. The number of halogens is 1. The summed E-state index contributed by atoms with van der Waals surface area (Å²) in [6, 6.07) is 23.5. The maximum absolute atomic E-state index is 12.4. The van der Waals surface area contributed by atoms with Crippen LogP contribution in [-0.2, 0) is 16.0 Å². The van der Waals surface area contributed by atoms with Crippen molar-refractivity contribution in [1.29, 1.82) is 5.26 Å². The predicted molar refractivity (Wildman–Crippen MR) is 135 cm³/mol. The van der Waals surface area contributed by atoms with Crippen molar-refractivity contribution >= 4 is 35.2 Å². The summed E-state index contributed by atoms with van der Waals surface area (Å²) in [6.45, 7) is 0.151. The molecule has 3 aromatic rings. The molecule has 0 bridgehead atoms. The lowest BCUT2D eigenvalue weighted by atomic mass is 10.1. The first kappa shape index (κ1) is 25.3. The second-order valence-corrected chi connectivity index (χ2v) is 7.80. The molecule has 3 aromatic carbocycles. The van der Waals surface area contributed by atoms with E-state index in [1.165, 1.54) is 13.2 Å². The van der Waals surface area contributed by atoms with Crippen molar-refractivity contribution in [1.82, 2.24) is 5.32 Å². The van der Waals surface area contributed by atoms with Gasteiger partial charge in [0.2, 0.25) is 0 Å². The van der Waals surface area contributed by atoms with Crippen LogP contribution in [0.2, 0.25) is 5.02 Å². The summed E-state index contributed by atoms with van der Waals surface area (Å²) in [6.07, 6.45) is 2.13. The second-order valence-electron chi connectivity index (χ2n) is 7.39. The van der Waals surface area contributed by atoms with Crippen LogP contribution in [0.5, 0.6) is 11.5 Å². The van der Waals surface area contributed by atoms with Gasteiger partial charge < -0.3 is 20.1 Å². The number of hydrogen-bond acceptors (Lipinski definition) is 5. The standard InChI is InChI=1S/C27H24ClN3O4/c1-34-25-16-20(15-21(17-29)27(33)30-14-13-19-7-3-2-4-8-19)11-12-24(25)35-18-26(32)31-23-10-6-5-9-22(23)28/h2-12,15-16H,13-14,18H2,1H3,(H,30,33)(H,31,32)/b21-15+. The van der Waals surface area contributed by atoms with Gasteiger partial charge in [0.1, 0.15) is 11.6 Å². The molecule has 7 nitrogen and oxygen atoms in total. The summed E-state index contributed by atoms with van der Waals surface area (Å²) in [5.41, 5.74) is 2.12. The van der Waals surface area contributed by atoms with Gasteiger partial charge in [-0.3, -0.25) is 9.59 Å². The zero-order chi connectivity index (χ0) is 25.0. The molecule has 3 rings (SSSR count). The topological polar surface area (TPSA) is 100 Å². The van der Waals surface area contributed by atoms with Crippen molar-refractivity contribution in [3.63, 3.8) is 0 Å². The number of amides is 2. The zero-order valence-electron chi connectivity index (χ0n) is 19.1. The molecule has 0 heterocycles. The molecule has 0 aromatic heterocycles. The van der Waals surface area contributed by atoms with Crippen LogP contribution in [-0.4, -0.2) is 32.1 Å². The highest BCUT2D eigenvalue weighted by atomic mass is 35.5. The van der Waals surface area contributed by atoms with Gasteiger partial charge >= 0.3 is 0 Å². The molecule has 0 radical (unpaired) electrons. The number of methoxy groups -OCH3 is 1. The Morgan fingerprint density at radius 2 is 1.77 bits per heavy atom. The molecule has 0 aliphatic carbocycles. The van der Waals surface area contributed by atoms with Crippen molar-refractivity contribution in [3.8, 4) is 17.6 Å². The number of nitrogens with one attached hydrogen (secondary N) is 2. The summed E-state index contributed by atoms with van der Waals surface area (Å²) in [5.74, 6) is -0.155. The number of hydrogen-bond donors (Lipinski definition) is 2. The van der Waals surface area contributed by atoms with Crippen molar-refractivity contribution in [3.05, 3.63) is 94.5 Å². The minimum atomic E-state index is -0.459. The highest BCUT2D eigenvalue weighted by molar-refractivity contribution is 6.33. The lowest BCUT2D eigenvalue weighted by Crippen LogP contribution is -2.26. The number of ether oxygens (including phenoxy) is 2. The van der Waals surface area contributed by atoms with Crippen LogP contribution in [0.1, 0.15) is 11.1 Å². The molecular weight excluding hydrogens is 466 g/mol. The number of nitrogens with zero attached hydrogens (tertiary/aromatic N) is 1. The van der Waals surface area contributed by atoms with Gasteiger partial charge in [-0.2, -0.15) is 5.26 Å². The van der Waals surface area contributed by atoms with Gasteiger partial charge in [-0.1, -0.05) is 60.1 Å². The van der Waals surface area contributed by atoms with Crippen LogP contribution in [0.3, 0.4) is 0 Å². The van der Waals surface area contributed by atoms with E-state index in [1.54, 1.807) is 42.5 Å². The van der Waals surface area contributed by atoms with Crippen LogP contribution in [0.4, 0.5) is 5.69 Å². The molecule has 2 amide bonds. The van der Waals surface area contributed by atoms with Gasteiger partial charge in [0.05, 0.1) is 17.8 Å². The maximum Gasteiger partial charge on any atom is 0.262 e. The molecule has 2 N–H and O–H groups in total. The summed E-state index contributed by atoms with van der Waals surface area (Å²) in [7, 11) is 1.46. The van der Waals surface area contributed by atoms with Crippen molar-refractivity contribution in [2.75, 3.05) is 25.6 Å². The Hall–Kier alpha value is -4.28.